The van der Waals surface area contributed by atoms with Gasteiger partial charge in [-0.25, -0.2) is 8.42 Å². The summed E-state index contributed by atoms with van der Waals surface area (Å²) in [5, 5.41) is 0.495. The monoisotopic (exact) mass is 385 g/mol. The molecule has 1 amide bonds. The molecule has 2 N–H and O–H groups in total. The lowest BCUT2D eigenvalue weighted by Crippen LogP contribution is -2.60. The molecule has 1 aromatic carbocycles. The number of sulfonamides is 1. The molecular weight excluding hydrogens is 362 g/mol. The van der Waals surface area contributed by atoms with Crippen molar-refractivity contribution in [2.24, 2.45) is 5.73 Å². The van der Waals surface area contributed by atoms with Crippen LogP contribution in [0.1, 0.15) is 32.1 Å². The summed E-state index contributed by atoms with van der Waals surface area (Å²) < 4.78 is 26.8. The molecule has 25 heavy (non-hydrogen) atoms. The second-order valence-electron chi connectivity index (χ2n) is 6.87. The summed E-state index contributed by atoms with van der Waals surface area (Å²) in [4.78, 5) is 14.7. The molecule has 1 saturated heterocycles. The Morgan fingerprint density at radius 3 is 2.12 bits per heavy atom. The van der Waals surface area contributed by atoms with Crippen LogP contribution in [0.5, 0.6) is 0 Å². The van der Waals surface area contributed by atoms with Gasteiger partial charge in [-0.2, -0.15) is 4.31 Å². The topological polar surface area (TPSA) is 83.7 Å². The highest BCUT2D eigenvalue weighted by atomic mass is 35.5. The molecule has 3 rings (SSSR count). The number of carbonyl (C=O) groups excluding carboxylic acids is 1. The summed E-state index contributed by atoms with van der Waals surface area (Å²) >= 11 is 5.82. The highest BCUT2D eigenvalue weighted by molar-refractivity contribution is 7.89. The van der Waals surface area contributed by atoms with Crippen molar-refractivity contribution in [1.82, 2.24) is 9.21 Å². The van der Waals surface area contributed by atoms with Crippen LogP contribution in [-0.4, -0.2) is 55.2 Å². The standard InChI is InChI=1S/C17H24ClN3O3S/c18-14-4-6-15(7-5-14)25(23,24)21-12-10-20(11-13-21)16(22)17(19)8-2-1-3-9-17/h4-7H,1-3,8-13,19H2. The molecule has 6 nitrogen and oxygen atoms in total. The first kappa shape index (κ1) is 18.6. The summed E-state index contributed by atoms with van der Waals surface area (Å²) in [6, 6.07) is 6.14. The Morgan fingerprint density at radius 1 is 1.00 bits per heavy atom. The minimum absolute atomic E-state index is 0.0317. The molecule has 1 aromatic rings. The van der Waals surface area contributed by atoms with Gasteiger partial charge >= 0.3 is 0 Å². The van der Waals surface area contributed by atoms with Crippen LogP contribution in [0.15, 0.2) is 29.2 Å². The van der Waals surface area contributed by atoms with Crippen LogP contribution < -0.4 is 5.73 Å². The number of halogens is 1. The Hall–Kier alpha value is -1.15. The number of benzene rings is 1. The third-order valence-corrected chi connectivity index (χ3v) is 7.31. The summed E-state index contributed by atoms with van der Waals surface area (Å²) in [7, 11) is -3.56. The van der Waals surface area contributed by atoms with E-state index in [4.69, 9.17) is 17.3 Å². The number of nitrogens with zero attached hydrogens (tertiary/aromatic N) is 2. The minimum Gasteiger partial charge on any atom is -0.338 e. The van der Waals surface area contributed by atoms with Crippen LogP contribution in [0.4, 0.5) is 0 Å². The van der Waals surface area contributed by atoms with Gasteiger partial charge in [0.25, 0.3) is 0 Å². The zero-order valence-electron chi connectivity index (χ0n) is 14.2. The largest absolute Gasteiger partial charge is 0.338 e. The lowest BCUT2D eigenvalue weighted by atomic mass is 9.81. The molecule has 0 bridgehead atoms. The molecule has 0 spiro atoms. The molecule has 0 aromatic heterocycles. The lowest BCUT2D eigenvalue weighted by Gasteiger charge is -2.40. The maximum atomic E-state index is 12.8. The molecule has 1 saturated carbocycles. The first-order chi connectivity index (χ1) is 11.8. The smallest absolute Gasteiger partial charge is 0.243 e. The van der Waals surface area contributed by atoms with Gasteiger partial charge in [-0.15, -0.1) is 0 Å². The van der Waals surface area contributed by atoms with Crippen molar-refractivity contribution in [2.45, 2.75) is 42.5 Å². The van der Waals surface area contributed by atoms with Crippen LogP contribution in [0.25, 0.3) is 0 Å². The molecular formula is C17H24ClN3O3S. The van der Waals surface area contributed by atoms with Crippen molar-refractivity contribution in [3.8, 4) is 0 Å². The molecule has 0 radical (unpaired) electrons. The maximum absolute atomic E-state index is 12.8. The van der Waals surface area contributed by atoms with Crippen LogP contribution in [0, 0.1) is 0 Å². The van der Waals surface area contributed by atoms with Gasteiger partial charge in [-0.1, -0.05) is 30.9 Å². The normalized spacial score (nSPS) is 21.9. The van der Waals surface area contributed by atoms with Crippen molar-refractivity contribution in [2.75, 3.05) is 26.2 Å². The predicted molar refractivity (Wildman–Crippen MR) is 96.8 cm³/mol. The quantitative estimate of drug-likeness (QED) is 0.860. The van der Waals surface area contributed by atoms with E-state index in [0.29, 0.717) is 18.1 Å². The molecule has 2 fully saturated rings. The van der Waals surface area contributed by atoms with E-state index in [9.17, 15) is 13.2 Å². The summed E-state index contributed by atoms with van der Waals surface area (Å²) in [6.45, 7) is 1.33. The Balaban J connectivity index is 1.65. The van der Waals surface area contributed by atoms with E-state index in [0.717, 1.165) is 32.1 Å². The van der Waals surface area contributed by atoms with Gasteiger partial charge < -0.3 is 10.6 Å². The Kier molecular flexibility index (Phi) is 5.39. The fraction of sp³-hybridized carbons (Fsp3) is 0.588. The fourth-order valence-electron chi connectivity index (χ4n) is 3.60. The van der Waals surface area contributed by atoms with E-state index in [1.54, 1.807) is 17.0 Å². The van der Waals surface area contributed by atoms with E-state index in [-0.39, 0.29) is 23.9 Å². The van der Waals surface area contributed by atoms with Gasteiger partial charge in [0.1, 0.15) is 0 Å². The Morgan fingerprint density at radius 2 is 1.56 bits per heavy atom. The molecule has 0 atom stereocenters. The second-order valence-corrected chi connectivity index (χ2v) is 9.24. The number of nitrogens with two attached hydrogens (primary N) is 1. The van der Waals surface area contributed by atoms with E-state index in [2.05, 4.69) is 0 Å². The van der Waals surface area contributed by atoms with E-state index in [1.807, 2.05) is 0 Å². The van der Waals surface area contributed by atoms with Gasteiger partial charge in [0.05, 0.1) is 10.4 Å². The van der Waals surface area contributed by atoms with Crippen molar-refractivity contribution in [1.29, 1.82) is 0 Å². The summed E-state index contributed by atoms with van der Waals surface area (Å²) in [6.07, 6.45) is 4.52. The average molecular weight is 386 g/mol. The third kappa shape index (κ3) is 3.84. The molecule has 138 valence electrons. The molecule has 2 aliphatic rings. The highest BCUT2D eigenvalue weighted by Crippen LogP contribution is 2.28. The first-order valence-electron chi connectivity index (χ1n) is 8.67. The Bertz CT molecular complexity index is 722. The van der Waals surface area contributed by atoms with Crippen LogP contribution in [0.2, 0.25) is 5.02 Å². The molecule has 1 aliphatic carbocycles. The van der Waals surface area contributed by atoms with Crippen molar-refractivity contribution >= 4 is 27.5 Å². The minimum atomic E-state index is -3.56. The number of hydrogen-bond donors (Lipinski definition) is 1. The lowest BCUT2D eigenvalue weighted by molar-refractivity contribution is -0.139. The number of amides is 1. The molecule has 1 heterocycles. The van der Waals surface area contributed by atoms with E-state index >= 15 is 0 Å². The summed E-state index contributed by atoms with van der Waals surface area (Å²) in [5.74, 6) is -0.0317. The van der Waals surface area contributed by atoms with Crippen molar-refractivity contribution in [3.05, 3.63) is 29.3 Å². The van der Waals surface area contributed by atoms with Gasteiger partial charge in [-0.3, -0.25) is 4.79 Å². The second kappa shape index (κ2) is 7.23. The Labute approximate surface area is 154 Å². The van der Waals surface area contributed by atoms with E-state index < -0.39 is 15.6 Å². The molecule has 1 aliphatic heterocycles. The first-order valence-corrected chi connectivity index (χ1v) is 10.5. The van der Waals surface area contributed by atoms with Gasteiger partial charge in [0.15, 0.2) is 0 Å². The van der Waals surface area contributed by atoms with Crippen molar-refractivity contribution in [3.63, 3.8) is 0 Å². The SMILES string of the molecule is NC1(C(=O)N2CCN(S(=O)(=O)c3ccc(Cl)cc3)CC2)CCCCC1. The summed E-state index contributed by atoms with van der Waals surface area (Å²) in [5.41, 5.74) is 5.56. The number of rotatable bonds is 3. The fourth-order valence-corrected chi connectivity index (χ4v) is 5.15. The van der Waals surface area contributed by atoms with Crippen LogP contribution in [0.3, 0.4) is 0 Å². The van der Waals surface area contributed by atoms with Gasteiger partial charge in [-0.05, 0) is 37.1 Å². The van der Waals surface area contributed by atoms with E-state index in [1.165, 1.54) is 16.4 Å². The zero-order valence-corrected chi connectivity index (χ0v) is 15.7. The van der Waals surface area contributed by atoms with Gasteiger partial charge in [0.2, 0.25) is 15.9 Å². The van der Waals surface area contributed by atoms with Crippen LogP contribution in [-0.2, 0) is 14.8 Å². The number of hydrogen-bond acceptors (Lipinski definition) is 4. The number of piperazine rings is 1. The zero-order chi connectivity index (χ0) is 18.1. The van der Waals surface area contributed by atoms with Crippen LogP contribution >= 0.6 is 11.6 Å². The van der Waals surface area contributed by atoms with Crippen molar-refractivity contribution < 1.29 is 13.2 Å². The highest BCUT2D eigenvalue weighted by Gasteiger charge is 2.40. The average Bonchev–Trinajstić information content (AvgIpc) is 2.62. The van der Waals surface area contributed by atoms with Gasteiger partial charge in [0, 0.05) is 31.2 Å². The molecule has 8 heteroatoms. The number of carbonyl (C=O) groups is 1. The predicted octanol–water partition coefficient (Wildman–Crippen LogP) is 1.83. The maximum Gasteiger partial charge on any atom is 0.243 e. The molecule has 0 unspecified atom stereocenters. The third-order valence-electron chi connectivity index (χ3n) is 5.15.